The highest BCUT2D eigenvalue weighted by Gasteiger charge is 2.14. The Hall–Kier alpha value is -2.47. The normalized spacial score (nSPS) is 10.6. The van der Waals surface area contributed by atoms with E-state index in [2.05, 4.69) is 10.1 Å². The minimum Gasteiger partial charge on any atom is -0.359 e. The Bertz CT molecular complexity index is 738. The molecule has 0 saturated heterocycles. The van der Waals surface area contributed by atoms with Crippen molar-refractivity contribution in [3.05, 3.63) is 58.7 Å². The van der Waals surface area contributed by atoms with Crippen LogP contribution >= 0.6 is 11.3 Å². The Morgan fingerprint density at radius 3 is 3.05 bits per heavy atom. The molecular formula is C16H15N3O2S. The third-order valence-electron chi connectivity index (χ3n) is 3.27. The Balaban J connectivity index is 1.63. The molecule has 1 amide bonds. The van der Waals surface area contributed by atoms with E-state index in [0.29, 0.717) is 18.7 Å². The van der Waals surface area contributed by atoms with Gasteiger partial charge < -0.3 is 9.42 Å². The highest BCUT2D eigenvalue weighted by atomic mass is 32.1. The molecule has 0 aliphatic rings. The number of hydrogen-bond acceptors (Lipinski definition) is 5. The second kappa shape index (κ2) is 6.53. The van der Waals surface area contributed by atoms with Gasteiger partial charge in [0.2, 0.25) is 5.91 Å². The van der Waals surface area contributed by atoms with Crippen LogP contribution in [-0.2, 0) is 17.8 Å². The van der Waals surface area contributed by atoms with Crippen LogP contribution in [0.4, 0.5) is 0 Å². The first-order valence-corrected chi connectivity index (χ1v) is 7.77. The van der Waals surface area contributed by atoms with Gasteiger partial charge in [0.25, 0.3) is 0 Å². The van der Waals surface area contributed by atoms with Gasteiger partial charge in [0.05, 0.1) is 13.0 Å². The van der Waals surface area contributed by atoms with Crippen molar-refractivity contribution in [3.8, 4) is 11.3 Å². The lowest BCUT2D eigenvalue weighted by molar-refractivity contribution is -0.129. The summed E-state index contributed by atoms with van der Waals surface area (Å²) in [6, 6.07) is 7.57. The number of amides is 1. The van der Waals surface area contributed by atoms with E-state index in [1.54, 1.807) is 35.7 Å². The summed E-state index contributed by atoms with van der Waals surface area (Å²) in [6.45, 7) is 0.399. The number of carbonyl (C=O) groups excluding carboxylic acids is 1. The van der Waals surface area contributed by atoms with E-state index < -0.39 is 0 Å². The molecular weight excluding hydrogens is 298 g/mol. The van der Waals surface area contributed by atoms with Gasteiger partial charge in [-0.15, -0.1) is 0 Å². The molecule has 0 fully saturated rings. The van der Waals surface area contributed by atoms with Crippen molar-refractivity contribution in [3.63, 3.8) is 0 Å². The molecule has 3 heterocycles. The number of thiophene rings is 1. The minimum atomic E-state index is 0.0535. The maximum absolute atomic E-state index is 12.2. The third kappa shape index (κ3) is 3.40. The Morgan fingerprint density at radius 2 is 2.32 bits per heavy atom. The van der Waals surface area contributed by atoms with Crippen molar-refractivity contribution < 1.29 is 9.32 Å². The molecule has 0 spiro atoms. The number of rotatable bonds is 5. The molecule has 0 radical (unpaired) electrons. The summed E-state index contributed by atoms with van der Waals surface area (Å²) in [6.07, 6.45) is 3.85. The first-order chi connectivity index (χ1) is 10.7. The fourth-order valence-electron chi connectivity index (χ4n) is 2.06. The van der Waals surface area contributed by atoms with Gasteiger partial charge in [-0.05, 0) is 34.5 Å². The number of aromatic nitrogens is 2. The molecule has 0 N–H and O–H groups in total. The minimum absolute atomic E-state index is 0.0535. The Labute approximate surface area is 132 Å². The summed E-state index contributed by atoms with van der Waals surface area (Å²) in [4.78, 5) is 17.9. The lowest BCUT2D eigenvalue weighted by Gasteiger charge is -2.14. The predicted molar refractivity (Wildman–Crippen MR) is 84.2 cm³/mol. The fourth-order valence-corrected chi connectivity index (χ4v) is 2.73. The molecule has 22 heavy (non-hydrogen) atoms. The first-order valence-electron chi connectivity index (χ1n) is 6.83. The number of likely N-dealkylation sites (N-methyl/N-ethyl adjacent to an activating group) is 1. The van der Waals surface area contributed by atoms with Crippen LogP contribution in [0.3, 0.4) is 0 Å². The van der Waals surface area contributed by atoms with Crippen molar-refractivity contribution >= 4 is 17.2 Å². The molecule has 0 unspecified atom stereocenters. The molecule has 0 aliphatic heterocycles. The average molecular weight is 313 g/mol. The fraction of sp³-hybridized carbons (Fsp3) is 0.188. The van der Waals surface area contributed by atoms with Gasteiger partial charge in [-0.25, -0.2) is 0 Å². The largest absolute Gasteiger partial charge is 0.359 e. The van der Waals surface area contributed by atoms with Crippen LogP contribution in [0.5, 0.6) is 0 Å². The molecule has 0 aliphatic carbocycles. The first kappa shape index (κ1) is 14.5. The van der Waals surface area contributed by atoms with Crippen molar-refractivity contribution in [1.29, 1.82) is 0 Å². The molecule has 0 bridgehead atoms. The van der Waals surface area contributed by atoms with Crippen molar-refractivity contribution in [1.82, 2.24) is 15.0 Å². The lowest BCUT2D eigenvalue weighted by Crippen LogP contribution is -2.27. The smallest absolute Gasteiger partial charge is 0.227 e. The quantitative estimate of drug-likeness (QED) is 0.726. The van der Waals surface area contributed by atoms with Gasteiger partial charge in [-0.2, -0.15) is 11.3 Å². The van der Waals surface area contributed by atoms with Crippen LogP contribution in [0.15, 0.2) is 51.9 Å². The summed E-state index contributed by atoms with van der Waals surface area (Å²) >= 11 is 1.59. The molecule has 0 aromatic carbocycles. The van der Waals surface area contributed by atoms with E-state index in [4.69, 9.17) is 4.52 Å². The van der Waals surface area contributed by atoms with E-state index in [9.17, 15) is 4.79 Å². The maximum Gasteiger partial charge on any atom is 0.227 e. The van der Waals surface area contributed by atoms with Gasteiger partial charge in [0.1, 0.15) is 5.69 Å². The molecule has 6 heteroatoms. The summed E-state index contributed by atoms with van der Waals surface area (Å²) < 4.78 is 5.31. The van der Waals surface area contributed by atoms with Crippen molar-refractivity contribution in [2.24, 2.45) is 0 Å². The van der Waals surface area contributed by atoms with Crippen LogP contribution in [0.1, 0.15) is 11.3 Å². The van der Waals surface area contributed by atoms with Crippen molar-refractivity contribution in [2.75, 3.05) is 7.05 Å². The third-order valence-corrected chi connectivity index (χ3v) is 4.00. The topological polar surface area (TPSA) is 59.2 Å². The van der Waals surface area contributed by atoms with Crippen molar-refractivity contribution in [2.45, 2.75) is 13.0 Å². The molecule has 112 valence electrons. The number of hydrogen-bond donors (Lipinski definition) is 0. The molecule has 0 atom stereocenters. The lowest BCUT2D eigenvalue weighted by atomic mass is 10.2. The summed E-state index contributed by atoms with van der Waals surface area (Å²) in [5, 5.41) is 7.98. The highest BCUT2D eigenvalue weighted by molar-refractivity contribution is 7.07. The number of nitrogens with zero attached hydrogens (tertiary/aromatic N) is 3. The molecule has 0 saturated carbocycles. The second-order valence-corrected chi connectivity index (χ2v) is 5.76. The van der Waals surface area contributed by atoms with Crippen LogP contribution < -0.4 is 0 Å². The van der Waals surface area contributed by atoms with E-state index in [1.807, 2.05) is 35.0 Å². The zero-order chi connectivity index (χ0) is 15.4. The molecule has 3 aromatic rings. The zero-order valence-corrected chi connectivity index (χ0v) is 12.9. The van der Waals surface area contributed by atoms with Crippen LogP contribution in [-0.4, -0.2) is 28.0 Å². The highest BCUT2D eigenvalue weighted by Crippen LogP contribution is 2.18. The molecule has 5 nitrogen and oxygen atoms in total. The predicted octanol–water partition coefficient (Wildman–Crippen LogP) is 3.00. The Morgan fingerprint density at radius 1 is 1.41 bits per heavy atom. The number of carbonyl (C=O) groups is 1. The van der Waals surface area contributed by atoms with E-state index in [1.165, 1.54) is 0 Å². The van der Waals surface area contributed by atoms with Crippen LogP contribution in [0, 0.1) is 0 Å². The second-order valence-electron chi connectivity index (χ2n) is 4.98. The van der Waals surface area contributed by atoms with E-state index >= 15 is 0 Å². The van der Waals surface area contributed by atoms with Gasteiger partial charge in [-0.3, -0.25) is 9.78 Å². The summed E-state index contributed by atoms with van der Waals surface area (Å²) in [5.41, 5.74) is 2.65. The SMILES string of the molecule is CN(Cc1cc(-c2cccnc2)no1)C(=O)Cc1ccsc1. The summed E-state index contributed by atoms with van der Waals surface area (Å²) in [7, 11) is 1.76. The standard InChI is InChI=1S/C16H15N3O2S/c1-19(16(20)7-12-4-6-22-11-12)10-14-8-15(18-21-14)13-3-2-5-17-9-13/h2-6,8-9,11H,7,10H2,1H3. The van der Waals surface area contributed by atoms with Crippen LogP contribution in [0.25, 0.3) is 11.3 Å². The van der Waals surface area contributed by atoms with Crippen LogP contribution in [0.2, 0.25) is 0 Å². The monoisotopic (exact) mass is 313 g/mol. The van der Waals surface area contributed by atoms with Gasteiger partial charge in [0, 0.05) is 31.1 Å². The van der Waals surface area contributed by atoms with E-state index in [0.717, 1.165) is 16.8 Å². The van der Waals surface area contributed by atoms with Gasteiger partial charge in [-0.1, -0.05) is 5.16 Å². The van der Waals surface area contributed by atoms with Gasteiger partial charge >= 0.3 is 0 Å². The maximum atomic E-state index is 12.2. The Kier molecular flexibility index (Phi) is 4.29. The average Bonchev–Trinajstić information content (AvgIpc) is 3.20. The summed E-state index contributed by atoms with van der Waals surface area (Å²) in [5.74, 6) is 0.706. The molecule has 3 aromatic heterocycles. The van der Waals surface area contributed by atoms with E-state index in [-0.39, 0.29) is 5.91 Å². The number of pyridine rings is 1. The van der Waals surface area contributed by atoms with Gasteiger partial charge in [0.15, 0.2) is 5.76 Å². The molecule has 3 rings (SSSR count). The zero-order valence-electron chi connectivity index (χ0n) is 12.1.